The molecule has 2 rings (SSSR count). The van der Waals surface area contributed by atoms with Gasteiger partial charge >= 0.3 is 0 Å². The Balaban J connectivity index is 2.77. The van der Waals surface area contributed by atoms with Crippen LogP contribution in [0.3, 0.4) is 0 Å². The molecule has 8 heteroatoms. The molecule has 122 valence electrons. The molecule has 0 aliphatic carbocycles. The number of hydrogen-bond donors (Lipinski definition) is 0. The molecule has 0 aliphatic rings. The molecule has 24 heavy (non-hydrogen) atoms. The smallest absolute Gasteiger partial charge is 0.253 e. The molecule has 0 N–H and O–H groups in total. The molecule has 4 nitrogen and oxygen atoms in total. The lowest BCUT2D eigenvalue weighted by atomic mass is 9.93. The summed E-state index contributed by atoms with van der Waals surface area (Å²) in [6.45, 7) is 0. The average Bonchev–Trinajstić information content (AvgIpc) is 2.53. The fourth-order valence-corrected chi connectivity index (χ4v) is 2.87. The third-order valence-electron chi connectivity index (χ3n) is 3.23. The van der Waals surface area contributed by atoms with Crippen molar-refractivity contribution < 1.29 is 19.2 Å². The van der Waals surface area contributed by atoms with Crippen LogP contribution >= 0.6 is 46.4 Å². The van der Waals surface area contributed by atoms with E-state index < -0.39 is 21.0 Å². The Morgan fingerprint density at radius 2 is 1.12 bits per heavy atom. The van der Waals surface area contributed by atoms with Crippen molar-refractivity contribution in [2.75, 3.05) is 0 Å². The molecule has 0 unspecified atom stereocenters. The van der Waals surface area contributed by atoms with Crippen LogP contribution in [0.4, 0.5) is 0 Å². The van der Waals surface area contributed by atoms with E-state index in [0.717, 1.165) is 0 Å². The van der Waals surface area contributed by atoms with Crippen LogP contribution in [0.25, 0.3) is 11.1 Å². The number of hydrogen-bond acceptors (Lipinski definition) is 4. The zero-order valence-corrected chi connectivity index (χ0v) is 14.6. The third-order valence-corrected chi connectivity index (χ3v) is 4.03. The molecule has 0 heterocycles. The van der Waals surface area contributed by atoms with Crippen molar-refractivity contribution in [3.8, 4) is 11.1 Å². The molecule has 0 spiro atoms. The minimum absolute atomic E-state index is 0.225. The molecule has 0 radical (unpaired) electrons. The van der Waals surface area contributed by atoms with E-state index in [0.29, 0.717) is 5.56 Å². The molecular formula is C16H6Cl4O4. The Morgan fingerprint density at radius 1 is 0.583 bits per heavy atom. The van der Waals surface area contributed by atoms with E-state index in [2.05, 4.69) is 0 Å². The van der Waals surface area contributed by atoms with Crippen LogP contribution in [0.1, 0.15) is 41.4 Å². The molecule has 2 aromatic rings. The van der Waals surface area contributed by atoms with Gasteiger partial charge in [0.05, 0.1) is 11.1 Å². The van der Waals surface area contributed by atoms with Crippen LogP contribution in [-0.4, -0.2) is 21.0 Å². The van der Waals surface area contributed by atoms with Crippen molar-refractivity contribution in [3.63, 3.8) is 0 Å². The summed E-state index contributed by atoms with van der Waals surface area (Å²) in [6, 6.07) is 8.58. The monoisotopic (exact) mass is 402 g/mol. The summed E-state index contributed by atoms with van der Waals surface area (Å²) in [5, 5.41) is -3.62. The Labute approximate surface area is 156 Å². The number of benzene rings is 2. The molecule has 0 amide bonds. The molecule has 0 saturated carbocycles. The first-order valence-corrected chi connectivity index (χ1v) is 7.82. The molecule has 2 aromatic carbocycles. The van der Waals surface area contributed by atoms with E-state index in [4.69, 9.17) is 46.4 Å². The summed E-state index contributed by atoms with van der Waals surface area (Å²) in [6.07, 6.45) is 0. The topological polar surface area (TPSA) is 68.3 Å². The summed E-state index contributed by atoms with van der Waals surface area (Å²) >= 11 is 21.9. The summed E-state index contributed by atoms with van der Waals surface area (Å²) in [4.78, 5) is 46.1. The van der Waals surface area contributed by atoms with Gasteiger partial charge in [-0.3, -0.25) is 19.2 Å². The fourth-order valence-electron chi connectivity index (χ4n) is 2.20. The molecule has 0 saturated heterocycles. The first-order valence-electron chi connectivity index (χ1n) is 6.30. The first-order chi connectivity index (χ1) is 11.2. The fraction of sp³-hybridized carbons (Fsp3) is 0. The lowest BCUT2D eigenvalue weighted by Gasteiger charge is -2.12. The van der Waals surface area contributed by atoms with Crippen molar-refractivity contribution in [2.24, 2.45) is 0 Å². The minimum atomic E-state index is -1.04. The molecule has 0 bridgehead atoms. The predicted octanol–water partition coefficient (Wildman–Crippen LogP) is 4.87. The van der Waals surface area contributed by atoms with E-state index in [9.17, 15) is 19.2 Å². The third kappa shape index (κ3) is 3.68. The number of halogens is 4. The Kier molecular flexibility index (Phi) is 5.78. The second kappa shape index (κ2) is 7.45. The Bertz CT molecular complexity index is 872. The number of rotatable bonds is 5. The van der Waals surface area contributed by atoms with E-state index >= 15 is 0 Å². The highest BCUT2D eigenvalue weighted by molar-refractivity contribution is 6.74. The number of carbonyl (C=O) groups is 4. The minimum Gasteiger partial charge on any atom is -0.276 e. The van der Waals surface area contributed by atoms with Crippen molar-refractivity contribution in [2.45, 2.75) is 0 Å². The van der Waals surface area contributed by atoms with Gasteiger partial charge in [-0.15, -0.1) is 0 Å². The summed E-state index contributed by atoms with van der Waals surface area (Å²) in [7, 11) is 0. The van der Waals surface area contributed by atoms with Gasteiger partial charge in [0.15, 0.2) is 0 Å². The van der Waals surface area contributed by atoms with Crippen LogP contribution < -0.4 is 0 Å². The van der Waals surface area contributed by atoms with Crippen LogP contribution in [0.5, 0.6) is 0 Å². The van der Waals surface area contributed by atoms with Crippen molar-refractivity contribution >= 4 is 67.4 Å². The molecule has 0 atom stereocenters. The van der Waals surface area contributed by atoms with Gasteiger partial charge in [-0.2, -0.15) is 0 Å². The van der Waals surface area contributed by atoms with Gasteiger partial charge in [-0.05, 0) is 75.7 Å². The standard InChI is InChI=1S/C16H6Cl4O4/c17-13(21)8-3-1-7(2-4-8)9-5-6-10(14(18)22)12(16(20)24)11(9)15(19)23/h1-6H. The summed E-state index contributed by atoms with van der Waals surface area (Å²) < 4.78 is 0. The van der Waals surface area contributed by atoms with Gasteiger partial charge in [0.25, 0.3) is 21.0 Å². The summed E-state index contributed by atoms with van der Waals surface area (Å²) in [5.41, 5.74) is 0.139. The van der Waals surface area contributed by atoms with E-state index in [1.165, 1.54) is 36.4 Å². The second-order valence-corrected chi connectivity index (χ2v) is 5.96. The highest BCUT2D eigenvalue weighted by Crippen LogP contribution is 2.32. The maximum absolute atomic E-state index is 11.8. The zero-order chi connectivity index (χ0) is 18.0. The van der Waals surface area contributed by atoms with Crippen LogP contribution in [0, 0.1) is 0 Å². The Hall–Kier alpha value is -1.72. The second-order valence-electron chi connectivity index (χ2n) is 4.58. The number of carbonyl (C=O) groups excluding carboxylic acids is 4. The quantitative estimate of drug-likeness (QED) is 0.667. The van der Waals surface area contributed by atoms with Crippen LogP contribution in [0.2, 0.25) is 0 Å². The zero-order valence-electron chi connectivity index (χ0n) is 11.6. The van der Waals surface area contributed by atoms with Crippen LogP contribution in [-0.2, 0) is 0 Å². The van der Waals surface area contributed by atoms with Gasteiger partial charge < -0.3 is 0 Å². The predicted molar refractivity (Wildman–Crippen MR) is 92.6 cm³/mol. The van der Waals surface area contributed by atoms with Gasteiger partial charge in [-0.1, -0.05) is 18.2 Å². The molecular weight excluding hydrogens is 398 g/mol. The normalized spacial score (nSPS) is 10.3. The van der Waals surface area contributed by atoms with Crippen molar-refractivity contribution in [3.05, 3.63) is 58.7 Å². The average molecular weight is 404 g/mol. The SMILES string of the molecule is O=C(Cl)c1ccc(-c2ccc(C(=O)Cl)c(C(=O)Cl)c2C(=O)Cl)cc1. The highest BCUT2D eigenvalue weighted by Gasteiger charge is 2.25. The van der Waals surface area contributed by atoms with E-state index in [-0.39, 0.29) is 27.8 Å². The van der Waals surface area contributed by atoms with Gasteiger partial charge in [0.2, 0.25) is 0 Å². The molecule has 0 fully saturated rings. The Morgan fingerprint density at radius 3 is 1.54 bits per heavy atom. The van der Waals surface area contributed by atoms with Crippen LogP contribution in [0.15, 0.2) is 36.4 Å². The van der Waals surface area contributed by atoms with E-state index in [1.807, 2.05) is 0 Å². The van der Waals surface area contributed by atoms with Gasteiger partial charge in [0, 0.05) is 11.1 Å². The van der Waals surface area contributed by atoms with Gasteiger partial charge in [-0.25, -0.2) is 0 Å². The van der Waals surface area contributed by atoms with E-state index in [1.54, 1.807) is 0 Å². The van der Waals surface area contributed by atoms with Gasteiger partial charge in [0.1, 0.15) is 0 Å². The molecule has 0 aliphatic heterocycles. The molecule has 0 aromatic heterocycles. The maximum atomic E-state index is 11.8. The lowest BCUT2D eigenvalue weighted by Crippen LogP contribution is -2.10. The lowest BCUT2D eigenvalue weighted by molar-refractivity contribution is 0.104. The van der Waals surface area contributed by atoms with Crippen molar-refractivity contribution in [1.29, 1.82) is 0 Å². The first kappa shape index (κ1) is 18.6. The largest absolute Gasteiger partial charge is 0.276 e. The van der Waals surface area contributed by atoms with Crippen molar-refractivity contribution in [1.82, 2.24) is 0 Å². The maximum Gasteiger partial charge on any atom is 0.253 e. The summed E-state index contributed by atoms with van der Waals surface area (Å²) in [5.74, 6) is 0. The highest BCUT2D eigenvalue weighted by atomic mass is 35.5.